The number of amides is 1. The topological polar surface area (TPSA) is 50.6 Å². The van der Waals surface area contributed by atoms with Gasteiger partial charge in [0.1, 0.15) is 6.61 Å². The van der Waals surface area contributed by atoms with Crippen molar-refractivity contribution in [3.8, 4) is 0 Å². The summed E-state index contributed by atoms with van der Waals surface area (Å²) in [5, 5.41) is 4.24. The smallest absolute Gasteiger partial charge is 0.248 e. The van der Waals surface area contributed by atoms with Gasteiger partial charge in [-0.25, -0.2) is 0 Å². The van der Waals surface area contributed by atoms with E-state index in [1.807, 2.05) is 29.0 Å². The zero-order valence-corrected chi connectivity index (χ0v) is 14.3. The number of methoxy groups -OCH3 is 1. The number of likely N-dealkylation sites (tertiary alicyclic amines) is 1. The Morgan fingerprint density at radius 3 is 2.82 bits per heavy atom. The number of aryl methyl sites for hydroxylation is 1. The maximum absolute atomic E-state index is 12.4. The van der Waals surface area contributed by atoms with Gasteiger partial charge in [-0.3, -0.25) is 14.4 Å². The van der Waals surface area contributed by atoms with Gasteiger partial charge in [-0.2, -0.15) is 5.10 Å². The van der Waals surface area contributed by atoms with Crippen LogP contribution in [0.2, 0.25) is 0 Å². The fourth-order valence-electron chi connectivity index (χ4n) is 3.28. The van der Waals surface area contributed by atoms with E-state index in [4.69, 9.17) is 4.74 Å². The zero-order chi connectivity index (χ0) is 16.3. The van der Waals surface area contributed by atoms with Crippen LogP contribution in [0.15, 0.2) is 12.4 Å². The first-order valence-corrected chi connectivity index (χ1v) is 7.92. The van der Waals surface area contributed by atoms with E-state index >= 15 is 0 Å². The maximum atomic E-state index is 12.4. The fraction of sp³-hybridized carbons (Fsp3) is 0.750. The number of rotatable bonds is 6. The first-order chi connectivity index (χ1) is 10.4. The summed E-state index contributed by atoms with van der Waals surface area (Å²) in [6.45, 7) is 5.35. The predicted octanol–water partition coefficient (Wildman–Crippen LogP) is 0.919. The third-order valence-electron chi connectivity index (χ3n) is 4.64. The Kier molecular flexibility index (Phi) is 5.58. The lowest BCUT2D eigenvalue weighted by Crippen LogP contribution is -2.49. The minimum Gasteiger partial charge on any atom is -0.375 e. The Hall–Kier alpha value is -1.40. The average molecular weight is 308 g/mol. The molecule has 0 aromatic carbocycles. The lowest BCUT2D eigenvalue weighted by atomic mass is 10.00. The highest BCUT2D eigenvalue weighted by Gasteiger charge is 2.39. The first kappa shape index (κ1) is 17.0. The Bertz CT molecular complexity index is 500. The number of carbonyl (C=O) groups is 1. The lowest BCUT2D eigenvalue weighted by molar-refractivity contribution is -0.136. The number of ether oxygens (including phenoxy) is 1. The van der Waals surface area contributed by atoms with E-state index < -0.39 is 0 Å². The molecule has 0 N–H and O–H groups in total. The highest BCUT2D eigenvalue weighted by molar-refractivity contribution is 5.78. The van der Waals surface area contributed by atoms with Crippen LogP contribution in [0.3, 0.4) is 0 Å². The monoisotopic (exact) mass is 308 g/mol. The van der Waals surface area contributed by atoms with Gasteiger partial charge in [0.15, 0.2) is 0 Å². The number of hydrogen-bond donors (Lipinski definition) is 0. The molecule has 0 bridgehead atoms. The van der Waals surface area contributed by atoms with Crippen LogP contribution < -0.4 is 0 Å². The molecule has 2 heterocycles. The Morgan fingerprint density at radius 2 is 2.27 bits per heavy atom. The second-order valence-electron chi connectivity index (χ2n) is 6.43. The summed E-state index contributed by atoms with van der Waals surface area (Å²) in [7, 11) is 5.64. The Balaban J connectivity index is 2.18. The zero-order valence-electron chi connectivity index (χ0n) is 14.3. The van der Waals surface area contributed by atoms with E-state index in [1.54, 1.807) is 7.11 Å². The third-order valence-corrected chi connectivity index (χ3v) is 4.64. The van der Waals surface area contributed by atoms with Crippen LogP contribution in [-0.2, 0) is 23.0 Å². The minimum absolute atomic E-state index is 0.0797. The van der Waals surface area contributed by atoms with Crippen LogP contribution in [-0.4, -0.2) is 70.9 Å². The van der Waals surface area contributed by atoms with Crippen LogP contribution >= 0.6 is 0 Å². The van der Waals surface area contributed by atoms with Gasteiger partial charge in [0.05, 0.1) is 12.2 Å². The standard InChI is InChI=1S/C16H28N4O2/c1-12(2)19(4)14-6-7-20(16(21)11-22-5)15(14)8-13-9-17-18(3)10-13/h9-10,12,14-15H,6-8,11H2,1-5H3/t14-,15+/m1/s1. The van der Waals surface area contributed by atoms with E-state index in [1.165, 1.54) is 5.56 Å². The SMILES string of the molecule is COCC(=O)N1CC[C@@H](N(C)C(C)C)[C@@H]1Cc1cnn(C)c1. The van der Waals surface area contributed by atoms with Crippen molar-refractivity contribution in [2.24, 2.45) is 7.05 Å². The molecule has 1 saturated heterocycles. The number of hydrogen-bond acceptors (Lipinski definition) is 4. The second kappa shape index (κ2) is 7.24. The molecule has 0 saturated carbocycles. The van der Waals surface area contributed by atoms with E-state index in [9.17, 15) is 4.79 Å². The Morgan fingerprint density at radius 1 is 1.55 bits per heavy atom. The van der Waals surface area contributed by atoms with E-state index in [0.29, 0.717) is 12.1 Å². The highest BCUT2D eigenvalue weighted by Crippen LogP contribution is 2.26. The molecule has 1 aliphatic heterocycles. The fourth-order valence-corrected chi connectivity index (χ4v) is 3.28. The van der Waals surface area contributed by atoms with Crippen molar-refractivity contribution in [2.45, 2.75) is 44.8 Å². The molecule has 1 aromatic heterocycles. The normalized spacial score (nSPS) is 22.0. The quantitative estimate of drug-likeness (QED) is 0.784. The molecule has 0 aliphatic carbocycles. The van der Waals surface area contributed by atoms with Crippen molar-refractivity contribution < 1.29 is 9.53 Å². The van der Waals surface area contributed by atoms with E-state index in [2.05, 4.69) is 30.9 Å². The summed E-state index contributed by atoms with van der Waals surface area (Å²) >= 11 is 0. The molecule has 1 amide bonds. The van der Waals surface area contributed by atoms with Gasteiger partial charge in [0.25, 0.3) is 0 Å². The molecular weight excluding hydrogens is 280 g/mol. The molecule has 1 aromatic rings. The lowest BCUT2D eigenvalue weighted by Gasteiger charge is -2.35. The number of carbonyl (C=O) groups excluding carboxylic acids is 1. The van der Waals surface area contributed by atoms with E-state index in [0.717, 1.165) is 19.4 Å². The van der Waals surface area contributed by atoms with Crippen LogP contribution in [0.1, 0.15) is 25.8 Å². The molecule has 2 rings (SSSR count). The van der Waals surface area contributed by atoms with Gasteiger partial charge in [-0.05, 0) is 39.3 Å². The van der Waals surface area contributed by atoms with Crippen molar-refractivity contribution in [3.05, 3.63) is 18.0 Å². The molecule has 6 nitrogen and oxygen atoms in total. The minimum atomic E-state index is 0.0797. The average Bonchev–Trinajstić information content (AvgIpc) is 3.05. The van der Waals surface area contributed by atoms with Crippen molar-refractivity contribution in [1.82, 2.24) is 19.6 Å². The van der Waals surface area contributed by atoms with Gasteiger partial charge in [0.2, 0.25) is 5.91 Å². The van der Waals surface area contributed by atoms with Crippen molar-refractivity contribution >= 4 is 5.91 Å². The van der Waals surface area contributed by atoms with Gasteiger partial charge >= 0.3 is 0 Å². The van der Waals surface area contributed by atoms with Crippen molar-refractivity contribution in [3.63, 3.8) is 0 Å². The summed E-state index contributed by atoms with van der Waals surface area (Å²) in [6.07, 6.45) is 5.77. The maximum Gasteiger partial charge on any atom is 0.248 e. The molecular formula is C16H28N4O2. The third kappa shape index (κ3) is 3.67. The number of aromatic nitrogens is 2. The predicted molar refractivity (Wildman–Crippen MR) is 85.6 cm³/mol. The Labute approximate surface area is 133 Å². The molecule has 0 radical (unpaired) electrons. The summed E-state index contributed by atoms with van der Waals surface area (Å²) in [6, 6.07) is 1.01. The highest BCUT2D eigenvalue weighted by atomic mass is 16.5. The van der Waals surface area contributed by atoms with Gasteiger partial charge in [-0.1, -0.05) is 0 Å². The van der Waals surface area contributed by atoms with Crippen molar-refractivity contribution in [1.29, 1.82) is 0 Å². The van der Waals surface area contributed by atoms with Gasteiger partial charge < -0.3 is 9.64 Å². The number of likely N-dealkylation sites (N-methyl/N-ethyl adjacent to an activating group) is 1. The summed E-state index contributed by atoms with van der Waals surface area (Å²) in [5.74, 6) is 0.0797. The van der Waals surface area contributed by atoms with Crippen LogP contribution in [0.25, 0.3) is 0 Å². The molecule has 22 heavy (non-hydrogen) atoms. The van der Waals surface area contributed by atoms with Crippen LogP contribution in [0.4, 0.5) is 0 Å². The summed E-state index contributed by atoms with van der Waals surface area (Å²) in [4.78, 5) is 16.7. The number of nitrogens with zero attached hydrogens (tertiary/aromatic N) is 4. The molecule has 124 valence electrons. The molecule has 1 fully saturated rings. The molecule has 2 atom stereocenters. The van der Waals surface area contributed by atoms with Crippen molar-refractivity contribution in [2.75, 3.05) is 27.3 Å². The van der Waals surface area contributed by atoms with Crippen LogP contribution in [0.5, 0.6) is 0 Å². The molecule has 0 unspecified atom stereocenters. The molecule has 0 spiro atoms. The largest absolute Gasteiger partial charge is 0.375 e. The molecule has 1 aliphatic rings. The van der Waals surface area contributed by atoms with Crippen LogP contribution in [0, 0.1) is 0 Å². The molecule has 6 heteroatoms. The van der Waals surface area contributed by atoms with E-state index in [-0.39, 0.29) is 18.6 Å². The second-order valence-corrected chi connectivity index (χ2v) is 6.43. The summed E-state index contributed by atoms with van der Waals surface area (Å²) in [5.41, 5.74) is 1.17. The van der Waals surface area contributed by atoms with Gasteiger partial charge in [-0.15, -0.1) is 0 Å². The first-order valence-electron chi connectivity index (χ1n) is 7.92. The summed E-state index contributed by atoms with van der Waals surface area (Å²) < 4.78 is 6.85. The van der Waals surface area contributed by atoms with Gasteiger partial charge in [0, 0.05) is 39.0 Å².